The number of rotatable bonds is 7. The number of halogens is 3. The number of nitrogens with one attached hydrogen (secondary N) is 1. The summed E-state index contributed by atoms with van der Waals surface area (Å²) in [5.41, 5.74) is -4.28. The van der Waals surface area contributed by atoms with E-state index in [2.05, 4.69) is 0 Å². The Bertz CT molecular complexity index is 697. The van der Waals surface area contributed by atoms with Crippen LogP contribution in [0.2, 0.25) is 0 Å². The molecule has 0 spiro atoms. The second-order valence-electron chi connectivity index (χ2n) is 8.47. The predicted molar refractivity (Wildman–Crippen MR) is 98.1 cm³/mol. The van der Waals surface area contributed by atoms with E-state index in [0.717, 1.165) is 4.90 Å². The lowest BCUT2D eigenvalue weighted by Crippen LogP contribution is -2.66. The monoisotopic (exact) mass is 402 g/mol. The van der Waals surface area contributed by atoms with Gasteiger partial charge in [0.15, 0.2) is 5.78 Å². The molecule has 8 heteroatoms. The van der Waals surface area contributed by atoms with Gasteiger partial charge in [0.25, 0.3) is 5.91 Å². The number of nitrogens with zero attached hydrogens (tertiary/aromatic N) is 1. The average Bonchev–Trinajstić information content (AvgIpc) is 2.79. The summed E-state index contributed by atoms with van der Waals surface area (Å²) in [4.78, 5) is 39.3. The van der Waals surface area contributed by atoms with Gasteiger partial charge in [0.05, 0.1) is 5.57 Å². The van der Waals surface area contributed by atoms with E-state index in [4.69, 9.17) is 0 Å². The first-order chi connectivity index (χ1) is 12.9. The van der Waals surface area contributed by atoms with E-state index >= 15 is 0 Å². The van der Waals surface area contributed by atoms with Crippen LogP contribution < -0.4 is 5.32 Å². The molecule has 2 aliphatic rings. The molecular weight excluding hydrogens is 373 g/mol. The molecular formula is C20H29F3N2O3. The molecule has 2 rings (SSSR count). The van der Waals surface area contributed by atoms with Crippen LogP contribution in [0.15, 0.2) is 11.3 Å². The highest BCUT2D eigenvalue weighted by Crippen LogP contribution is 2.51. The van der Waals surface area contributed by atoms with Crippen molar-refractivity contribution in [1.29, 1.82) is 0 Å². The molecule has 0 aromatic rings. The number of ketones is 1. The number of amides is 2. The van der Waals surface area contributed by atoms with Gasteiger partial charge in [0.2, 0.25) is 11.4 Å². The van der Waals surface area contributed by atoms with Crippen molar-refractivity contribution in [3.63, 3.8) is 0 Å². The SMILES string of the molecule is CCCCC(=O)NC1(C(F)(F)F)C(=O)N(CCCC)C2=C1C(=O)CC(C)(C)C2. The summed E-state index contributed by atoms with van der Waals surface area (Å²) in [6, 6.07) is 0. The van der Waals surface area contributed by atoms with Gasteiger partial charge in [-0.05, 0) is 24.7 Å². The Hall–Kier alpha value is -1.86. The summed E-state index contributed by atoms with van der Waals surface area (Å²) in [5, 5.41) is 1.95. The van der Waals surface area contributed by atoms with E-state index in [0.29, 0.717) is 25.7 Å². The fourth-order valence-corrected chi connectivity index (χ4v) is 3.99. The number of hydrogen-bond donors (Lipinski definition) is 1. The minimum atomic E-state index is -5.11. The van der Waals surface area contributed by atoms with Gasteiger partial charge < -0.3 is 10.2 Å². The summed E-state index contributed by atoms with van der Waals surface area (Å²) in [5.74, 6) is -2.84. The topological polar surface area (TPSA) is 66.5 Å². The van der Waals surface area contributed by atoms with E-state index in [-0.39, 0.29) is 31.5 Å². The van der Waals surface area contributed by atoms with Crippen molar-refractivity contribution in [1.82, 2.24) is 10.2 Å². The number of unbranched alkanes of at least 4 members (excludes halogenated alkanes) is 2. The Balaban J connectivity index is 2.62. The molecule has 1 aliphatic carbocycles. The zero-order valence-electron chi connectivity index (χ0n) is 17.0. The highest BCUT2D eigenvalue weighted by molar-refractivity contribution is 6.13. The van der Waals surface area contributed by atoms with Gasteiger partial charge in [0.1, 0.15) is 0 Å². The van der Waals surface area contributed by atoms with E-state index in [9.17, 15) is 27.6 Å². The van der Waals surface area contributed by atoms with Gasteiger partial charge in [-0.15, -0.1) is 0 Å². The lowest BCUT2D eigenvalue weighted by atomic mass is 9.72. The normalized spacial score (nSPS) is 24.6. The molecule has 0 radical (unpaired) electrons. The van der Waals surface area contributed by atoms with E-state index in [1.165, 1.54) is 0 Å². The molecule has 158 valence electrons. The van der Waals surface area contributed by atoms with E-state index < -0.39 is 40.3 Å². The average molecular weight is 402 g/mol. The Morgan fingerprint density at radius 3 is 2.25 bits per heavy atom. The van der Waals surface area contributed by atoms with Crippen molar-refractivity contribution in [2.24, 2.45) is 5.41 Å². The number of carbonyl (C=O) groups excluding carboxylic acids is 3. The van der Waals surface area contributed by atoms with Crippen LogP contribution in [0.1, 0.15) is 72.6 Å². The predicted octanol–water partition coefficient (Wildman–Crippen LogP) is 3.88. The van der Waals surface area contributed by atoms with E-state index in [1.807, 2.05) is 19.2 Å². The molecule has 1 N–H and O–H groups in total. The molecule has 0 aromatic heterocycles. The Morgan fingerprint density at radius 2 is 1.71 bits per heavy atom. The number of Topliss-reactive ketones (excluding diaryl/α,β-unsaturated/α-hetero) is 1. The van der Waals surface area contributed by atoms with Crippen molar-refractivity contribution < 1.29 is 27.6 Å². The largest absolute Gasteiger partial charge is 0.425 e. The Kier molecular flexibility index (Phi) is 6.31. The van der Waals surface area contributed by atoms with Gasteiger partial charge in [-0.25, -0.2) is 0 Å². The molecule has 0 aromatic carbocycles. The third-order valence-electron chi connectivity index (χ3n) is 5.36. The van der Waals surface area contributed by atoms with Crippen LogP contribution in [0.3, 0.4) is 0 Å². The van der Waals surface area contributed by atoms with Crippen LogP contribution in [0.4, 0.5) is 13.2 Å². The maximum Gasteiger partial charge on any atom is 0.425 e. The first-order valence-electron chi connectivity index (χ1n) is 9.87. The molecule has 28 heavy (non-hydrogen) atoms. The van der Waals surface area contributed by atoms with Gasteiger partial charge in [-0.3, -0.25) is 14.4 Å². The second kappa shape index (κ2) is 7.87. The fourth-order valence-electron chi connectivity index (χ4n) is 3.99. The highest BCUT2D eigenvalue weighted by atomic mass is 19.4. The van der Waals surface area contributed by atoms with Crippen LogP contribution in [0.25, 0.3) is 0 Å². The first-order valence-corrected chi connectivity index (χ1v) is 9.87. The Morgan fingerprint density at radius 1 is 1.11 bits per heavy atom. The van der Waals surface area contributed by atoms with Gasteiger partial charge >= 0.3 is 6.18 Å². The lowest BCUT2D eigenvalue weighted by Gasteiger charge is -2.35. The zero-order chi connectivity index (χ0) is 21.3. The van der Waals surface area contributed by atoms with Crippen molar-refractivity contribution in [3.8, 4) is 0 Å². The minimum absolute atomic E-state index is 0.0939. The Labute approximate surface area is 163 Å². The van der Waals surface area contributed by atoms with Crippen LogP contribution in [-0.2, 0) is 14.4 Å². The molecule has 1 unspecified atom stereocenters. The summed E-state index contributed by atoms with van der Waals surface area (Å²) in [7, 11) is 0. The van der Waals surface area contributed by atoms with Gasteiger partial charge in [-0.2, -0.15) is 13.2 Å². The molecule has 0 saturated heterocycles. The maximum absolute atomic E-state index is 14.3. The fraction of sp³-hybridized carbons (Fsp3) is 0.750. The lowest BCUT2D eigenvalue weighted by molar-refractivity contribution is -0.194. The summed E-state index contributed by atoms with van der Waals surface area (Å²) < 4.78 is 43.0. The third-order valence-corrected chi connectivity index (χ3v) is 5.36. The number of carbonyl (C=O) groups is 3. The molecule has 0 fully saturated rings. The van der Waals surface area contributed by atoms with Crippen LogP contribution in [-0.4, -0.2) is 40.8 Å². The smallest absolute Gasteiger partial charge is 0.330 e. The number of hydrogen-bond acceptors (Lipinski definition) is 3. The molecule has 2 amide bonds. The van der Waals surface area contributed by atoms with Gasteiger partial charge in [-0.1, -0.05) is 40.5 Å². The van der Waals surface area contributed by atoms with Crippen molar-refractivity contribution >= 4 is 17.6 Å². The second-order valence-corrected chi connectivity index (χ2v) is 8.47. The standard InChI is InChI=1S/C20H29F3N2O3/c1-5-7-9-15(27)24-19(20(21,22)23)16-13(11-18(3,4)12-14(16)26)25(17(19)28)10-8-6-2/h5-12H2,1-4H3,(H,24,27). The first kappa shape index (κ1) is 22.4. The molecule has 5 nitrogen and oxygen atoms in total. The number of alkyl halides is 3. The highest BCUT2D eigenvalue weighted by Gasteiger charge is 2.71. The zero-order valence-corrected chi connectivity index (χ0v) is 17.0. The van der Waals surface area contributed by atoms with Crippen molar-refractivity contribution in [3.05, 3.63) is 11.3 Å². The van der Waals surface area contributed by atoms with Crippen LogP contribution >= 0.6 is 0 Å². The quantitative estimate of drug-likeness (QED) is 0.703. The van der Waals surface area contributed by atoms with Crippen LogP contribution in [0, 0.1) is 5.41 Å². The molecule has 0 saturated carbocycles. The third kappa shape index (κ3) is 3.82. The maximum atomic E-state index is 14.3. The summed E-state index contributed by atoms with van der Waals surface area (Å²) >= 11 is 0. The molecule has 1 heterocycles. The van der Waals surface area contributed by atoms with Crippen molar-refractivity contribution in [2.75, 3.05) is 6.54 Å². The van der Waals surface area contributed by atoms with E-state index in [1.54, 1.807) is 13.8 Å². The molecule has 1 aliphatic heterocycles. The summed E-state index contributed by atoms with van der Waals surface area (Å²) in [6.45, 7) is 7.37. The molecule has 1 atom stereocenters. The van der Waals surface area contributed by atoms with Crippen LogP contribution in [0.5, 0.6) is 0 Å². The van der Waals surface area contributed by atoms with Gasteiger partial charge in [0, 0.05) is 25.1 Å². The summed E-state index contributed by atoms with van der Waals surface area (Å²) in [6.07, 6.45) is -2.91. The minimum Gasteiger partial charge on any atom is -0.330 e. The number of allylic oxidation sites excluding steroid dienone is 1. The van der Waals surface area contributed by atoms with Crippen molar-refractivity contribution in [2.45, 2.75) is 84.4 Å². The molecule has 0 bridgehead atoms.